The van der Waals surface area contributed by atoms with Crippen LogP contribution in [-0.4, -0.2) is 35.7 Å². The molecule has 2 unspecified atom stereocenters. The molecule has 2 heterocycles. The Labute approximate surface area is 186 Å². The van der Waals surface area contributed by atoms with Crippen molar-refractivity contribution in [2.45, 2.75) is 23.8 Å². The number of rotatable bonds is 7. The number of hydrogen-bond donors (Lipinski definition) is 2. The number of aromatic amines is 1. The molecule has 0 fully saturated rings. The van der Waals surface area contributed by atoms with E-state index in [-0.39, 0.29) is 17.4 Å². The van der Waals surface area contributed by atoms with Crippen molar-refractivity contribution >= 4 is 11.2 Å². The minimum Gasteiger partial charge on any atom is -0.612 e. The monoisotopic (exact) mass is 452 g/mol. The van der Waals surface area contributed by atoms with Gasteiger partial charge in [-0.2, -0.15) is 5.10 Å². The highest BCUT2D eigenvalue weighted by Crippen LogP contribution is 2.31. The Kier molecular flexibility index (Phi) is 6.38. The number of benzene rings is 2. The van der Waals surface area contributed by atoms with E-state index < -0.39 is 22.4 Å². The Morgan fingerprint density at radius 1 is 1.22 bits per heavy atom. The van der Waals surface area contributed by atoms with E-state index in [9.17, 15) is 18.8 Å². The summed E-state index contributed by atoms with van der Waals surface area (Å²) in [7, 11) is 0. The molecule has 0 amide bonds. The van der Waals surface area contributed by atoms with Gasteiger partial charge >= 0.3 is 0 Å². The van der Waals surface area contributed by atoms with Crippen LogP contribution in [0.2, 0.25) is 0 Å². The van der Waals surface area contributed by atoms with Crippen LogP contribution in [0.15, 0.2) is 76.8 Å². The molecule has 0 aliphatic carbocycles. The van der Waals surface area contributed by atoms with E-state index in [4.69, 9.17) is 0 Å². The van der Waals surface area contributed by atoms with Crippen LogP contribution in [0.4, 0.5) is 4.39 Å². The number of H-pyrrole nitrogens is 1. The molecule has 0 spiro atoms. The van der Waals surface area contributed by atoms with Gasteiger partial charge in [0.25, 0.3) is 0 Å². The lowest BCUT2D eigenvalue weighted by atomic mass is 9.88. The number of imidazole rings is 1. The number of halogens is 1. The standard InChI is InChI=1S/C23H21FN4O3S/c1-32(31)18-4-2-3-16(13-18)19(15-5-7-17(24)8-6-15)9-11-28-12-10-25-23(28)21-22(30)20(29)14-26-27-21/h2-8,10,12-14,19H,9,11H2,1H3,(H,26,30)(H,27,29). The molecule has 0 saturated carbocycles. The zero-order valence-electron chi connectivity index (χ0n) is 17.2. The average Bonchev–Trinajstić information content (AvgIpc) is 3.25. The van der Waals surface area contributed by atoms with Crippen molar-refractivity contribution in [1.29, 1.82) is 0 Å². The van der Waals surface area contributed by atoms with Crippen molar-refractivity contribution in [3.8, 4) is 17.3 Å². The fraction of sp³-hybridized carbons (Fsp3) is 0.174. The summed E-state index contributed by atoms with van der Waals surface area (Å²) in [5.74, 6) is -0.477. The quantitative estimate of drug-likeness (QED) is 0.418. The van der Waals surface area contributed by atoms with Gasteiger partial charge in [-0.3, -0.25) is 9.89 Å². The van der Waals surface area contributed by atoms with Gasteiger partial charge in [0.15, 0.2) is 16.5 Å². The summed E-state index contributed by atoms with van der Waals surface area (Å²) in [5, 5.41) is 16.5. The highest BCUT2D eigenvalue weighted by molar-refractivity contribution is 7.90. The predicted octanol–water partition coefficient (Wildman–Crippen LogP) is 3.44. The van der Waals surface area contributed by atoms with Crippen molar-refractivity contribution in [2.75, 3.05) is 6.26 Å². The van der Waals surface area contributed by atoms with Crippen LogP contribution >= 0.6 is 0 Å². The average molecular weight is 453 g/mol. The van der Waals surface area contributed by atoms with E-state index in [0.717, 1.165) is 22.2 Å². The summed E-state index contributed by atoms with van der Waals surface area (Å²) in [4.78, 5) is 16.8. The topological polar surface area (TPSA) is 107 Å². The fourth-order valence-electron chi connectivity index (χ4n) is 3.67. The lowest BCUT2D eigenvalue weighted by Gasteiger charge is -2.20. The van der Waals surface area contributed by atoms with Crippen LogP contribution in [-0.2, 0) is 17.7 Å². The maximum atomic E-state index is 13.5. The van der Waals surface area contributed by atoms with Gasteiger partial charge in [-0.25, -0.2) is 9.37 Å². The molecule has 7 nitrogen and oxygen atoms in total. The number of aryl methyl sites for hydroxylation is 1. The predicted molar refractivity (Wildman–Crippen MR) is 119 cm³/mol. The third-order valence-corrected chi connectivity index (χ3v) is 6.21. The summed E-state index contributed by atoms with van der Waals surface area (Å²) in [5.41, 5.74) is 1.43. The maximum Gasteiger partial charge on any atom is 0.242 e. The van der Waals surface area contributed by atoms with E-state index >= 15 is 0 Å². The zero-order valence-corrected chi connectivity index (χ0v) is 18.1. The minimum atomic E-state index is -1.13. The third kappa shape index (κ3) is 4.58. The van der Waals surface area contributed by atoms with Gasteiger partial charge in [0.05, 0.1) is 6.20 Å². The van der Waals surface area contributed by atoms with Crippen LogP contribution in [0, 0.1) is 5.82 Å². The lowest BCUT2D eigenvalue weighted by molar-refractivity contribution is 0.466. The molecular weight excluding hydrogens is 431 g/mol. The first-order chi connectivity index (χ1) is 15.4. The molecule has 2 atom stereocenters. The molecule has 0 bridgehead atoms. The highest BCUT2D eigenvalue weighted by Gasteiger charge is 2.19. The molecule has 0 aliphatic rings. The first kappa shape index (κ1) is 21.8. The van der Waals surface area contributed by atoms with Crippen LogP contribution in [0.25, 0.3) is 11.5 Å². The largest absolute Gasteiger partial charge is 0.612 e. The zero-order chi connectivity index (χ0) is 22.7. The van der Waals surface area contributed by atoms with Gasteiger partial charge in [-0.1, -0.05) is 24.3 Å². The summed E-state index contributed by atoms with van der Waals surface area (Å²) in [6.07, 6.45) is 6.57. The molecule has 0 aliphatic heterocycles. The molecule has 2 aromatic carbocycles. The van der Waals surface area contributed by atoms with Crippen molar-refractivity contribution in [3.05, 3.63) is 94.3 Å². The molecule has 2 N–H and O–H groups in total. The van der Waals surface area contributed by atoms with E-state index in [1.807, 2.05) is 28.8 Å². The van der Waals surface area contributed by atoms with Gasteiger partial charge in [-0.05, 0) is 53.0 Å². The van der Waals surface area contributed by atoms with E-state index in [0.29, 0.717) is 18.8 Å². The first-order valence-electron chi connectivity index (χ1n) is 9.91. The fourth-order valence-corrected chi connectivity index (χ4v) is 4.24. The maximum absolute atomic E-state index is 13.5. The van der Waals surface area contributed by atoms with E-state index in [2.05, 4.69) is 15.2 Å². The Balaban J connectivity index is 1.67. The van der Waals surface area contributed by atoms with Crippen LogP contribution in [0.5, 0.6) is 5.75 Å². The Morgan fingerprint density at radius 2 is 2.00 bits per heavy atom. The third-order valence-electron chi connectivity index (χ3n) is 5.29. The number of aromatic nitrogens is 4. The molecule has 0 radical (unpaired) electrons. The molecule has 0 saturated heterocycles. The van der Waals surface area contributed by atoms with Gasteiger partial charge in [-0.15, -0.1) is 0 Å². The number of hydrogen-bond acceptors (Lipinski definition) is 5. The Hall–Kier alpha value is -3.43. The second-order valence-corrected chi connectivity index (χ2v) is 8.70. The van der Waals surface area contributed by atoms with Crippen molar-refractivity contribution in [3.63, 3.8) is 0 Å². The molecule has 164 valence electrons. The molecule has 2 aromatic heterocycles. The van der Waals surface area contributed by atoms with Gasteiger partial charge < -0.3 is 14.2 Å². The number of nitrogens with one attached hydrogen (secondary N) is 1. The number of aromatic hydroxyl groups is 1. The first-order valence-corrected chi connectivity index (χ1v) is 11.5. The normalized spacial score (nSPS) is 13.1. The summed E-state index contributed by atoms with van der Waals surface area (Å²) in [6.45, 7) is 0.493. The SMILES string of the molecule is C[S+]([O-])c1cccc(C(CCn2ccnc2-c2[nH]ncc(=O)c2O)c2ccc(F)cc2)c1. The second-order valence-electron chi connectivity index (χ2n) is 7.32. The van der Waals surface area contributed by atoms with Crippen molar-refractivity contribution in [2.24, 2.45) is 0 Å². The Bertz CT molecular complexity index is 1270. The summed E-state index contributed by atoms with van der Waals surface area (Å²) < 4.78 is 27.3. The second kappa shape index (κ2) is 9.37. The summed E-state index contributed by atoms with van der Waals surface area (Å²) >= 11 is -1.13. The van der Waals surface area contributed by atoms with Gasteiger partial charge in [0.2, 0.25) is 5.43 Å². The number of nitrogens with zero attached hydrogens (tertiary/aromatic N) is 3. The van der Waals surface area contributed by atoms with E-state index in [1.165, 1.54) is 12.1 Å². The van der Waals surface area contributed by atoms with Gasteiger partial charge in [0, 0.05) is 24.9 Å². The van der Waals surface area contributed by atoms with Crippen LogP contribution < -0.4 is 5.43 Å². The molecule has 4 rings (SSSR count). The summed E-state index contributed by atoms with van der Waals surface area (Å²) in [6, 6.07) is 13.9. The Morgan fingerprint density at radius 3 is 2.75 bits per heavy atom. The lowest BCUT2D eigenvalue weighted by Crippen LogP contribution is -2.11. The van der Waals surface area contributed by atoms with E-state index in [1.54, 1.807) is 30.8 Å². The molecule has 32 heavy (non-hydrogen) atoms. The van der Waals surface area contributed by atoms with Crippen molar-refractivity contribution in [1.82, 2.24) is 19.7 Å². The highest BCUT2D eigenvalue weighted by atomic mass is 32.2. The molecule has 4 aromatic rings. The van der Waals surface area contributed by atoms with Crippen molar-refractivity contribution < 1.29 is 14.0 Å². The van der Waals surface area contributed by atoms with Gasteiger partial charge in [0.1, 0.15) is 17.8 Å². The molecule has 9 heteroatoms. The van der Waals surface area contributed by atoms with Crippen LogP contribution in [0.3, 0.4) is 0 Å². The smallest absolute Gasteiger partial charge is 0.242 e. The minimum absolute atomic E-state index is 0.101. The molecular formula is C23H21FN4O3S. The van der Waals surface area contributed by atoms with Crippen LogP contribution in [0.1, 0.15) is 23.5 Å².